The molecule has 1 N–H and O–H groups in total. The first kappa shape index (κ1) is 16.5. The molecule has 0 bridgehead atoms. The van der Waals surface area contributed by atoms with Gasteiger partial charge in [0.1, 0.15) is 5.82 Å². The molecule has 1 heterocycles. The molecule has 0 atom stereocenters. The fraction of sp³-hybridized carbons (Fsp3) is 0.267. The Morgan fingerprint density at radius 2 is 2.09 bits per heavy atom. The van der Waals surface area contributed by atoms with Crippen LogP contribution in [-0.4, -0.2) is 37.3 Å². The van der Waals surface area contributed by atoms with Gasteiger partial charge >= 0.3 is 0 Å². The molecular weight excluding hydrogens is 393 g/mol. The van der Waals surface area contributed by atoms with Crippen molar-refractivity contribution in [3.05, 3.63) is 39.6 Å². The maximum absolute atomic E-state index is 8.81. The number of hydrogen-bond donors (Lipinski definition) is 1. The van der Waals surface area contributed by atoms with Crippen molar-refractivity contribution in [1.29, 1.82) is 5.26 Å². The Hall–Kier alpha value is -1.92. The first-order chi connectivity index (χ1) is 10.6. The third-order valence-corrected chi connectivity index (χ3v) is 3.75. The molecule has 0 radical (unpaired) electrons. The van der Waals surface area contributed by atoms with Gasteiger partial charge < -0.3 is 15.0 Å². The van der Waals surface area contributed by atoms with Gasteiger partial charge in [0.2, 0.25) is 5.95 Å². The van der Waals surface area contributed by atoms with Crippen LogP contribution in [0.2, 0.25) is 0 Å². The molecule has 1 aromatic heterocycles. The molecule has 7 heteroatoms. The number of anilines is 3. The minimum absolute atomic E-state index is 0.518. The zero-order chi connectivity index (χ0) is 15.9. The van der Waals surface area contributed by atoms with Gasteiger partial charge in [-0.1, -0.05) is 0 Å². The summed E-state index contributed by atoms with van der Waals surface area (Å²) >= 11 is 2.21. The lowest BCUT2D eigenvalue weighted by Crippen LogP contribution is -2.24. The molecule has 0 amide bonds. The Balaban J connectivity index is 2.16. The van der Waals surface area contributed by atoms with E-state index in [4.69, 9.17) is 10.00 Å². The molecule has 0 saturated carbocycles. The van der Waals surface area contributed by atoms with E-state index >= 15 is 0 Å². The molecule has 0 spiro atoms. The van der Waals surface area contributed by atoms with Gasteiger partial charge in [-0.05, 0) is 46.9 Å². The number of nitrogens with zero attached hydrogens (tertiary/aromatic N) is 4. The zero-order valence-electron chi connectivity index (χ0n) is 12.4. The molecule has 0 fully saturated rings. The SMILES string of the molecule is COCCN(C)c1nc(Nc2ccc(C#N)cc2)ncc1I. The first-order valence-corrected chi connectivity index (χ1v) is 7.71. The van der Waals surface area contributed by atoms with Crippen LogP contribution in [0.1, 0.15) is 5.56 Å². The van der Waals surface area contributed by atoms with Crippen molar-refractivity contribution in [3.63, 3.8) is 0 Å². The molecule has 22 heavy (non-hydrogen) atoms. The van der Waals surface area contributed by atoms with Gasteiger partial charge in [0.25, 0.3) is 0 Å². The Morgan fingerprint density at radius 3 is 2.73 bits per heavy atom. The van der Waals surface area contributed by atoms with Crippen molar-refractivity contribution in [3.8, 4) is 6.07 Å². The minimum atomic E-state index is 0.518. The van der Waals surface area contributed by atoms with Crippen molar-refractivity contribution >= 4 is 40.0 Å². The summed E-state index contributed by atoms with van der Waals surface area (Å²) in [5.41, 5.74) is 1.46. The number of hydrogen-bond acceptors (Lipinski definition) is 6. The number of likely N-dealkylation sites (N-methyl/N-ethyl adjacent to an activating group) is 1. The van der Waals surface area contributed by atoms with Crippen LogP contribution < -0.4 is 10.2 Å². The van der Waals surface area contributed by atoms with E-state index in [0.717, 1.165) is 21.6 Å². The molecule has 0 aliphatic carbocycles. The summed E-state index contributed by atoms with van der Waals surface area (Å²) in [4.78, 5) is 10.9. The number of methoxy groups -OCH3 is 1. The van der Waals surface area contributed by atoms with E-state index < -0.39 is 0 Å². The van der Waals surface area contributed by atoms with Crippen LogP contribution in [0.3, 0.4) is 0 Å². The highest BCUT2D eigenvalue weighted by atomic mass is 127. The van der Waals surface area contributed by atoms with Crippen LogP contribution in [0.5, 0.6) is 0 Å². The van der Waals surface area contributed by atoms with Crippen molar-refractivity contribution in [2.24, 2.45) is 0 Å². The number of aromatic nitrogens is 2. The fourth-order valence-electron chi connectivity index (χ4n) is 1.78. The van der Waals surface area contributed by atoms with Crippen molar-refractivity contribution in [2.75, 3.05) is 37.5 Å². The lowest BCUT2D eigenvalue weighted by atomic mass is 10.2. The standard InChI is InChI=1S/C15H16IN5O/c1-21(7-8-22-2)14-13(16)10-18-15(20-14)19-12-5-3-11(9-17)4-6-12/h3-6,10H,7-8H2,1-2H3,(H,18,19,20). The topological polar surface area (TPSA) is 74.1 Å². The average Bonchev–Trinajstić information content (AvgIpc) is 2.55. The summed E-state index contributed by atoms with van der Waals surface area (Å²) in [5, 5.41) is 11.9. The van der Waals surface area contributed by atoms with Crippen LogP contribution in [0, 0.1) is 14.9 Å². The Kier molecular flexibility index (Phi) is 5.91. The van der Waals surface area contributed by atoms with Gasteiger partial charge in [0.05, 0.1) is 21.8 Å². The quantitative estimate of drug-likeness (QED) is 0.740. The summed E-state index contributed by atoms with van der Waals surface area (Å²) in [7, 11) is 3.64. The normalized spacial score (nSPS) is 10.1. The summed E-state index contributed by atoms with van der Waals surface area (Å²) < 4.78 is 6.07. The molecule has 114 valence electrons. The zero-order valence-corrected chi connectivity index (χ0v) is 14.5. The summed E-state index contributed by atoms with van der Waals surface area (Å²) in [6.45, 7) is 1.38. The fourth-order valence-corrected chi connectivity index (χ4v) is 2.45. The van der Waals surface area contributed by atoms with E-state index in [1.165, 1.54) is 0 Å². The van der Waals surface area contributed by atoms with E-state index in [1.807, 2.05) is 24.1 Å². The van der Waals surface area contributed by atoms with E-state index in [1.54, 1.807) is 25.4 Å². The number of benzene rings is 1. The lowest BCUT2D eigenvalue weighted by molar-refractivity contribution is 0.206. The maximum Gasteiger partial charge on any atom is 0.229 e. The third-order valence-electron chi connectivity index (χ3n) is 2.99. The molecule has 0 unspecified atom stereocenters. The highest BCUT2D eigenvalue weighted by Crippen LogP contribution is 2.21. The molecule has 0 saturated heterocycles. The van der Waals surface area contributed by atoms with E-state index in [2.05, 4.69) is 43.9 Å². The smallest absolute Gasteiger partial charge is 0.229 e. The number of ether oxygens (including phenoxy) is 1. The summed E-state index contributed by atoms with van der Waals surface area (Å²) in [6.07, 6.45) is 1.78. The number of nitrogens with one attached hydrogen (secondary N) is 1. The first-order valence-electron chi connectivity index (χ1n) is 6.64. The van der Waals surface area contributed by atoms with E-state index in [9.17, 15) is 0 Å². The predicted octanol–water partition coefficient (Wildman–Crippen LogP) is 2.78. The van der Waals surface area contributed by atoms with Crippen LogP contribution in [0.4, 0.5) is 17.5 Å². The van der Waals surface area contributed by atoms with Crippen LogP contribution >= 0.6 is 22.6 Å². The molecule has 6 nitrogen and oxygen atoms in total. The Labute approximate surface area is 143 Å². The Morgan fingerprint density at radius 1 is 1.36 bits per heavy atom. The summed E-state index contributed by atoms with van der Waals surface area (Å²) in [5.74, 6) is 1.37. The van der Waals surface area contributed by atoms with Gasteiger partial charge in [-0.15, -0.1) is 0 Å². The average molecular weight is 409 g/mol. The second kappa shape index (κ2) is 7.91. The van der Waals surface area contributed by atoms with Crippen LogP contribution in [0.15, 0.2) is 30.5 Å². The molecular formula is C15H16IN5O. The largest absolute Gasteiger partial charge is 0.383 e. The molecule has 1 aromatic carbocycles. The van der Waals surface area contributed by atoms with Gasteiger partial charge in [-0.3, -0.25) is 0 Å². The minimum Gasteiger partial charge on any atom is -0.383 e. The highest BCUT2D eigenvalue weighted by molar-refractivity contribution is 14.1. The second-order valence-electron chi connectivity index (χ2n) is 4.59. The number of halogens is 1. The molecule has 2 aromatic rings. The highest BCUT2D eigenvalue weighted by Gasteiger charge is 2.10. The third kappa shape index (κ3) is 4.29. The maximum atomic E-state index is 8.81. The van der Waals surface area contributed by atoms with Crippen LogP contribution in [-0.2, 0) is 4.74 Å². The molecule has 0 aliphatic rings. The summed E-state index contributed by atoms with van der Waals surface area (Å²) in [6, 6.07) is 9.25. The van der Waals surface area contributed by atoms with Gasteiger partial charge in [-0.25, -0.2) is 4.98 Å². The second-order valence-corrected chi connectivity index (χ2v) is 5.76. The van der Waals surface area contributed by atoms with Gasteiger partial charge in [0, 0.05) is 32.6 Å². The Bertz CT molecular complexity index is 669. The lowest BCUT2D eigenvalue weighted by Gasteiger charge is -2.19. The van der Waals surface area contributed by atoms with Gasteiger partial charge in [0.15, 0.2) is 0 Å². The number of rotatable bonds is 6. The monoisotopic (exact) mass is 409 g/mol. The van der Waals surface area contributed by atoms with Crippen LogP contribution in [0.25, 0.3) is 0 Å². The van der Waals surface area contributed by atoms with Crippen molar-refractivity contribution in [1.82, 2.24) is 9.97 Å². The van der Waals surface area contributed by atoms with Crippen molar-refractivity contribution in [2.45, 2.75) is 0 Å². The van der Waals surface area contributed by atoms with E-state index in [-0.39, 0.29) is 0 Å². The van der Waals surface area contributed by atoms with Gasteiger partial charge in [-0.2, -0.15) is 10.2 Å². The number of nitriles is 1. The predicted molar refractivity (Wildman–Crippen MR) is 94.3 cm³/mol. The molecule has 0 aliphatic heterocycles. The van der Waals surface area contributed by atoms with Crippen molar-refractivity contribution < 1.29 is 4.74 Å². The van der Waals surface area contributed by atoms with E-state index in [0.29, 0.717) is 18.1 Å². The molecule has 2 rings (SSSR count).